The molecule has 0 bridgehead atoms. The van der Waals surface area contributed by atoms with Gasteiger partial charge in [-0.05, 0) is 31.0 Å². The Balaban J connectivity index is 1.47. The van der Waals surface area contributed by atoms with Gasteiger partial charge in [0.15, 0.2) is 5.13 Å². The molecule has 1 saturated carbocycles. The molecule has 0 amide bonds. The summed E-state index contributed by atoms with van der Waals surface area (Å²) in [5.74, 6) is 0. The van der Waals surface area contributed by atoms with Gasteiger partial charge in [0.25, 0.3) is 0 Å². The number of hydrogen-bond donors (Lipinski definition) is 2. The van der Waals surface area contributed by atoms with Crippen molar-refractivity contribution in [2.45, 2.75) is 38.2 Å². The maximum absolute atomic E-state index is 5.89. The Morgan fingerprint density at radius 3 is 3.00 bits per heavy atom. The van der Waals surface area contributed by atoms with Crippen LogP contribution in [0.1, 0.15) is 32.1 Å². The molecule has 20 heavy (non-hydrogen) atoms. The van der Waals surface area contributed by atoms with Gasteiger partial charge < -0.3 is 15.8 Å². The number of nitrogen functional groups attached to an aromatic ring is 1. The second kappa shape index (κ2) is 6.41. The van der Waals surface area contributed by atoms with Crippen LogP contribution in [0.3, 0.4) is 0 Å². The lowest BCUT2D eigenvalue weighted by molar-refractivity contribution is 0.0347. The summed E-state index contributed by atoms with van der Waals surface area (Å²) >= 11 is 1.64. The number of thiazole rings is 1. The SMILES string of the molecule is Nc1ccc2nc(NCCOC3CCCCC3)sc2c1. The Labute approximate surface area is 123 Å². The van der Waals surface area contributed by atoms with E-state index in [1.807, 2.05) is 18.2 Å². The lowest BCUT2D eigenvalue weighted by Crippen LogP contribution is -2.20. The number of benzene rings is 1. The summed E-state index contributed by atoms with van der Waals surface area (Å²) in [6, 6.07) is 5.82. The average Bonchev–Trinajstić information content (AvgIpc) is 2.86. The van der Waals surface area contributed by atoms with E-state index in [1.165, 1.54) is 32.1 Å². The number of fused-ring (bicyclic) bond motifs is 1. The van der Waals surface area contributed by atoms with Crippen molar-refractivity contribution in [3.05, 3.63) is 18.2 Å². The fourth-order valence-electron chi connectivity index (χ4n) is 2.63. The molecule has 3 N–H and O–H groups in total. The van der Waals surface area contributed by atoms with Gasteiger partial charge in [0, 0.05) is 12.2 Å². The van der Waals surface area contributed by atoms with Gasteiger partial charge in [-0.25, -0.2) is 4.98 Å². The first-order chi connectivity index (χ1) is 9.81. The second-order valence-electron chi connectivity index (χ2n) is 5.30. The third-order valence-electron chi connectivity index (χ3n) is 3.70. The van der Waals surface area contributed by atoms with Crippen LogP contribution < -0.4 is 11.1 Å². The summed E-state index contributed by atoms with van der Waals surface area (Å²) in [5, 5.41) is 4.28. The molecule has 1 heterocycles. The van der Waals surface area contributed by atoms with Gasteiger partial charge in [-0.2, -0.15) is 0 Å². The minimum atomic E-state index is 0.473. The van der Waals surface area contributed by atoms with Gasteiger partial charge in [0.2, 0.25) is 0 Å². The summed E-state index contributed by atoms with van der Waals surface area (Å²) in [6.07, 6.45) is 6.92. The highest BCUT2D eigenvalue weighted by Gasteiger charge is 2.13. The van der Waals surface area contributed by atoms with Crippen molar-refractivity contribution in [2.75, 3.05) is 24.2 Å². The molecule has 1 aromatic heterocycles. The minimum Gasteiger partial charge on any atom is -0.399 e. The molecule has 0 aliphatic heterocycles. The van der Waals surface area contributed by atoms with E-state index in [9.17, 15) is 0 Å². The molecule has 0 spiro atoms. The molecular weight excluding hydrogens is 270 g/mol. The number of hydrogen-bond acceptors (Lipinski definition) is 5. The van der Waals surface area contributed by atoms with Crippen molar-refractivity contribution in [1.82, 2.24) is 4.98 Å². The van der Waals surface area contributed by atoms with Gasteiger partial charge in [-0.1, -0.05) is 30.6 Å². The van der Waals surface area contributed by atoms with Gasteiger partial charge in [0.1, 0.15) is 0 Å². The van der Waals surface area contributed by atoms with E-state index in [1.54, 1.807) is 11.3 Å². The van der Waals surface area contributed by atoms with Gasteiger partial charge in [-0.3, -0.25) is 0 Å². The topological polar surface area (TPSA) is 60.2 Å². The van der Waals surface area contributed by atoms with E-state index in [-0.39, 0.29) is 0 Å². The van der Waals surface area contributed by atoms with Crippen LogP contribution in [0.15, 0.2) is 18.2 Å². The smallest absolute Gasteiger partial charge is 0.183 e. The van der Waals surface area contributed by atoms with E-state index in [0.29, 0.717) is 6.10 Å². The third-order valence-corrected chi connectivity index (χ3v) is 4.67. The van der Waals surface area contributed by atoms with Crippen LogP contribution in [0.4, 0.5) is 10.8 Å². The van der Waals surface area contributed by atoms with Crippen LogP contribution >= 0.6 is 11.3 Å². The van der Waals surface area contributed by atoms with Gasteiger partial charge in [0.05, 0.1) is 22.9 Å². The van der Waals surface area contributed by atoms with Gasteiger partial charge in [-0.15, -0.1) is 0 Å². The largest absolute Gasteiger partial charge is 0.399 e. The van der Waals surface area contributed by atoms with Crippen molar-refractivity contribution < 1.29 is 4.74 Å². The first-order valence-corrected chi connectivity index (χ1v) is 8.14. The second-order valence-corrected chi connectivity index (χ2v) is 6.33. The standard InChI is InChI=1S/C15H21N3OS/c16-11-6-7-13-14(10-11)20-15(18-13)17-8-9-19-12-4-2-1-3-5-12/h6-7,10,12H,1-5,8-9,16H2,(H,17,18). The van der Waals surface area contributed by atoms with E-state index >= 15 is 0 Å². The van der Waals surface area contributed by atoms with E-state index < -0.39 is 0 Å². The zero-order chi connectivity index (χ0) is 13.8. The third kappa shape index (κ3) is 3.41. The molecule has 0 radical (unpaired) electrons. The number of ether oxygens (including phenoxy) is 1. The molecule has 4 nitrogen and oxygen atoms in total. The van der Waals surface area contributed by atoms with E-state index in [0.717, 1.165) is 34.2 Å². The number of nitrogens with one attached hydrogen (secondary N) is 1. The molecule has 2 aromatic rings. The summed E-state index contributed by atoms with van der Waals surface area (Å²) in [6.45, 7) is 1.56. The first kappa shape index (κ1) is 13.6. The van der Waals surface area contributed by atoms with Crippen molar-refractivity contribution in [2.24, 2.45) is 0 Å². The fourth-order valence-corrected chi connectivity index (χ4v) is 3.57. The van der Waals surface area contributed by atoms with Crippen molar-refractivity contribution >= 4 is 32.4 Å². The molecule has 1 aliphatic rings. The van der Waals surface area contributed by atoms with Crippen LogP contribution in [0.5, 0.6) is 0 Å². The first-order valence-electron chi connectivity index (χ1n) is 7.33. The zero-order valence-electron chi connectivity index (χ0n) is 11.6. The zero-order valence-corrected chi connectivity index (χ0v) is 12.4. The minimum absolute atomic E-state index is 0.473. The molecule has 0 unspecified atom stereocenters. The highest BCUT2D eigenvalue weighted by atomic mass is 32.1. The quantitative estimate of drug-likeness (QED) is 0.652. The lowest BCUT2D eigenvalue weighted by atomic mass is 9.98. The van der Waals surface area contributed by atoms with Crippen LogP contribution in [0, 0.1) is 0 Å². The van der Waals surface area contributed by atoms with Crippen molar-refractivity contribution in [1.29, 1.82) is 0 Å². The normalized spacial score (nSPS) is 16.6. The summed E-state index contributed by atoms with van der Waals surface area (Å²) in [5.41, 5.74) is 7.56. The van der Waals surface area contributed by atoms with Crippen molar-refractivity contribution in [3.63, 3.8) is 0 Å². The number of rotatable bonds is 5. The Kier molecular flexibility index (Phi) is 4.38. The number of nitrogens with zero attached hydrogens (tertiary/aromatic N) is 1. The lowest BCUT2D eigenvalue weighted by Gasteiger charge is -2.21. The molecule has 1 fully saturated rings. The predicted octanol–water partition coefficient (Wildman–Crippen LogP) is 3.64. The predicted molar refractivity (Wildman–Crippen MR) is 85.3 cm³/mol. The maximum Gasteiger partial charge on any atom is 0.183 e. The molecule has 108 valence electrons. The average molecular weight is 291 g/mol. The number of anilines is 2. The fraction of sp³-hybridized carbons (Fsp3) is 0.533. The van der Waals surface area contributed by atoms with Crippen LogP contribution in [0.2, 0.25) is 0 Å². The van der Waals surface area contributed by atoms with Crippen LogP contribution in [0.25, 0.3) is 10.2 Å². The Bertz CT molecular complexity index is 563. The Morgan fingerprint density at radius 1 is 1.30 bits per heavy atom. The number of nitrogens with two attached hydrogens (primary N) is 1. The van der Waals surface area contributed by atoms with E-state index in [2.05, 4.69) is 10.3 Å². The van der Waals surface area contributed by atoms with Gasteiger partial charge >= 0.3 is 0 Å². The summed E-state index contributed by atoms with van der Waals surface area (Å²) < 4.78 is 7.02. The van der Waals surface area contributed by atoms with Crippen LogP contribution in [-0.2, 0) is 4.74 Å². The highest BCUT2D eigenvalue weighted by molar-refractivity contribution is 7.22. The molecular formula is C15H21N3OS. The molecule has 0 atom stereocenters. The molecule has 1 aliphatic carbocycles. The molecule has 3 rings (SSSR count). The van der Waals surface area contributed by atoms with Crippen LogP contribution in [-0.4, -0.2) is 24.2 Å². The monoisotopic (exact) mass is 291 g/mol. The molecule has 0 saturated heterocycles. The molecule has 1 aromatic carbocycles. The summed E-state index contributed by atoms with van der Waals surface area (Å²) in [7, 11) is 0. The Hall–Kier alpha value is -1.33. The molecule has 5 heteroatoms. The highest BCUT2D eigenvalue weighted by Crippen LogP contribution is 2.27. The van der Waals surface area contributed by atoms with Crippen molar-refractivity contribution in [3.8, 4) is 0 Å². The Morgan fingerprint density at radius 2 is 2.15 bits per heavy atom. The van der Waals surface area contributed by atoms with E-state index in [4.69, 9.17) is 10.5 Å². The number of aromatic nitrogens is 1. The summed E-state index contributed by atoms with van der Waals surface area (Å²) in [4.78, 5) is 4.53. The maximum atomic E-state index is 5.89.